The Morgan fingerprint density at radius 1 is 1.35 bits per heavy atom. The van der Waals surface area contributed by atoms with Gasteiger partial charge in [0.05, 0.1) is 12.3 Å². The van der Waals surface area contributed by atoms with Crippen LogP contribution in [-0.2, 0) is 6.42 Å². The van der Waals surface area contributed by atoms with Crippen LogP contribution in [0.1, 0.15) is 39.2 Å². The van der Waals surface area contributed by atoms with Crippen LogP contribution >= 0.6 is 0 Å². The molecule has 0 saturated carbocycles. The number of ether oxygens (including phenoxy) is 1. The highest BCUT2D eigenvalue weighted by atomic mass is 16.5. The largest absolute Gasteiger partial charge is 0.491 e. The number of aryl methyl sites for hydroxylation is 1. The van der Waals surface area contributed by atoms with Gasteiger partial charge in [-0.1, -0.05) is 33.3 Å². The van der Waals surface area contributed by atoms with E-state index in [0.717, 1.165) is 31.0 Å². The predicted molar refractivity (Wildman–Crippen MR) is 72.8 cm³/mol. The van der Waals surface area contributed by atoms with E-state index in [2.05, 4.69) is 44.3 Å². The van der Waals surface area contributed by atoms with E-state index in [1.165, 1.54) is 18.4 Å². The summed E-state index contributed by atoms with van der Waals surface area (Å²) in [5.74, 6) is 0.996. The van der Waals surface area contributed by atoms with Gasteiger partial charge in [0.1, 0.15) is 5.75 Å². The highest BCUT2D eigenvalue weighted by molar-refractivity contribution is 5.58. The lowest BCUT2D eigenvalue weighted by Crippen LogP contribution is -2.27. The lowest BCUT2D eigenvalue weighted by Gasteiger charge is -2.20. The third-order valence-electron chi connectivity index (χ3n) is 3.24. The predicted octanol–water partition coefficient (Wildman–Crippen LogP) is 3.86. The minimum atomic E-state index is 0.197. The zero-order valence-electron chi connectivity index (χ0n) is 11.2. The van der Waals surface area contributed by atoms with Crippen molar-refractivity contribution in [3.63, 3.8) is 0 Å². The van der Waals surface area contributed by atoms with E-state index in [-0.39, 0.29) is 5.41 Å². The normalized spacial score (nSPS) is 17.6. The maximum absolute atomic E-state index is 5.86. The van der Waals surface area contributed by atoms with Crippen molar-refractivity contribution in [1.29, 1.82) is 0 Å². The third kappa shape index (κ3) is 3.15. The van der Waals surface area contributed by atoms with Crippen molar-refractivity contribution in [1.82, 2.24) is 0 Å². The molecule has 0 aromatic heterocycles. The molecule has 0 amide bonds. The summed E-state index contributed by atoms with van der Waals surface area (Å²) in [6, 6.07) is 6.54. The molecular weight excluding hydrogens is 210 g/mol. The lowest BCUT2D eigenvalue weighted by atomic mass is 9.95. The highest BCUT2D eigenvalue weighted by Crippen LogP contribution is 2.32. The zero-order chi connectivity index (χ0) is 12.3. The Bertz CT molecular complexity index is 385. The van der Waals surface area contributed by atoms with Gasteiger partial charge in [-0.2, -0.15) is 0 Å². The summed E-state index contributed by atoms with van der Waals surface area (Å²) in [6.07, 6.45) is 3.66. The zero-order valence-corrected chi connectivity index (χ0v) is 11.2. The summed E-state index contributed by atoms with van der Waals surface area (Å²) in [4.78, 5) is 0. The number of unbranched alkanes of at least 4 members (excludes halogenated alkanes) is 1. The van der Waals surface area contributed by atoms with Gasteiger partial charge in [-0.3, -0.25) is 0 Å². The summed E-state index contributed by atoms with van der Waals surface area (Å²) in [5.41, 5.74) is 2.76. The van der Waals surface area contributed by atoms with Gasteiger partial charge in [0.25, 0.3) is 0 Å². The van der Waals surface area contributed by atoms with Gasteiger partial charge < -0.3 is 10.1 Å². The van der Waals surface area contributed by atoms with Gasteiger partial charge in [-0.05, 0) is 30.5 Å². The number of anilines is 1. The molecule has 0 saturated heterocycles. The van der Waals surface area contributed by atoms with Gasteiger partial charge in [-0.15, -0.1) is 0 Å². The second kappa shape index (κ2) is 4.99. The molecule has 1 aliphatic heterocycles. The van der Waals surface area contributed by atoms with E-state index >= 15 is 0 Å². The van der Waals surface area contributed by atoms with Crippen LogP contribution in [0.2, 0.25) is 0 Å². The Balaban J connectivity index is 2.14. The maximum atomic E-state index is 5.86. The molecule has 2 heteroatoms. The summed E-state index contributed by atoms with van der Waals surface area (Å²) < 4.78 is 5.86. The van der Waals surface area contributed by atoms with Crippen LogP contribution in [0.4, 0.5) is 5.69 Å². The van der Waals surface area contributed by atoms with Crippen molar-refractivity contribution in [2.45, 2.75) is 40.0 Å². The number of hydrogen-bond acceptors (Lipinski definition) is 2. The molecule has 17 heavy (non-hydrogen) atoms. The van der Waals surface area contributed by atoms with Crippen LogP contribution in [0.25, 0.3) is 0 Å². The van der Waals surface area contributed by atoms with Gasteiger partial charge in [0.15, 0.2) is 0 Å². The quantitative estimate of drug-likeness (QED) is 0.856. The average molecular weight is 233 g/mol. The molecule has 0 fully saturated rings. The van der Waals surface area contributed by atoms with E-state index in [4.69, 9.17) is 4.74 Å². The fraction of sp³-hybridized carbons (Fsp3) is 0.600. The number of rotatable bonds is 3. The molecular formula is C15H23NO. The minimum absolute atomic E-state index is 0.197. The van der Waals surface area contributed by atoms with E-state index in [0.29, 0.717) is 0 Å². The first-order valence-corrected chi connectivity index (χ1v) is 6.60. The number of benzene rings is 1. The first-order valence-electron chi connectivity index (χ1n) is 6.60. The molecule has 0 atom stereocenters. The fourth-order valence-electron chi connectivity index (χ4n) is 2.04. The van der Waals surface area contributed by atoms with E-state index in [9.17, 15) is 0 Å². The molecule has 1 heterocycles. The molecule has 2 nitrogen and oxygen atoms in total. The molecule has 1 aromatic rings. The van der Waals surface area contributed by atoms with Gasteiger partial charge in [0, 0.05) is 12.0 Å². The summed E-state index contributed by atoms with van der Waals surface area (Å²) in [6.45, 7) is 8.43. The Labute approximate surface area is 104 Å². The monoisotopic (exact) mass is 233 g/mol. The molecule has 0 radical (unpaired) electrons. The van der Waals surface area contributed by atoms with Crippen molar-refractivity contribution in [3.8, 4) is 5.75 Å². The summed E-state index contributed by atoms with van der Waals surface area (Å²) in [7, 11) is 0. The second-order valence-electron chi connectivity index (χ2n) is 5.74. The van der Waals surface area contributed by atoms with E-state index in [1.807, 2.05) is 0 Å². The highest BCUT2D eigenvalue weighted by Gasteiger charge is 2.23. The SMILES string of the molecule is CCCCc1ccc2c(c1)NCC(C)(C)CO2. The molecule has 0 aliphatic carbocycles. The molecule has 1 aliphatic rings. The molecule has 2 rings (SSSR count). The fourth-order valence-corrected chi connectivity index (χ4v) is 2.04. The number of nitrogens with one attached hydrogen (secondary N) is 1. The molecule has 94 valence electrons. The summed E-state index contributed by atoms with van der Waals surface area (Å²) >= 11 is 0. The van der Waals surface area contributed by atoms with Crippen LogP contribution in [0.3, 0.4) is 0 Å². The van der Waals surface area contributed by atoms with Gasteiger partial charge >= 0.3 is 0 Å². The lowest BCUT2D eigenvalue weighted by molar-refractivity contribution is 0.200. The first-order chi connectivity index (χ1) is 8.11. The molecule has 1 aromatic carbocycles. The third-order valence-corrected chi connectivity index (χ3v) is 3.24. The number of hydrogen-bond donors (Lipinski definition) is 1. The smallest absolute Gasteiger partial charge is 0.142 e. The van der Waals surface area contributed by atoms with Crippen LogP contribution in [0, 0.1) is 5.41 Å². The standard InChI is InChI=1S/C15H23NO/c1-4-5-6-12-7-8-14-13(9-12)16-10-15(2,3)11-17-14/h7-9,16H,4-6,10-11H2,1-3H3. The van der Waals surface area contributed by atoms with Crippen LogP contribution in [-0.4, -0.2) is 13.2 Å². The Morgan fingerprint density at radius 2 is 2.18 bits per heavy atom. The minimum Gasteiger partial charge on any atom is -0.491 e. The molecule has 0 bridgehead atoms. The van der Waals surface area contributed by atoms with Crippen molar-refractivity contribution in [3.05, 3.63) is 23.8 Å². The molecule has 0 spiro atoms. The average Bonchev–Trinajstić information content (AvgIpc) is 2.46. The summed E-state index contributed by atoms with van der Waals surface area (Å²) in [5, 5.41) is 3.51. The van der Waals surface area contributed by atoms with Gasteiger partial charge in [0.2, 0.25) is 0 Å². The van der Waals surface area contributed by atoms with E-state index < -0.39 is 0 Å². The molecule has 0 unspecified atom stereocenters. The Kier molecular flexibility index (Phi) is 3.60. The van der Waals surface area contributed by atoms with Gasteiger partial charge in [-0.25, -0.2) is 0 Å². The van der Waals surface area contributed by atoms with E-state index in [1.54, 1.807) is 0 Å². The van der Waals surface area contributed by atoms with Crippen LogP contribution in [0.5, 0.6) is 5.75 Å². The second-order valence-corrected chi connectivity index (χ2v) is 5.74. The number of fused-ring (bicyclic) bond motifs is 1. The molecule has 1 N–H and O–H groups in total. The maximum Gasteiger partial charge on any atom is 0.142 e. The topological polar surface area (TPSA) is 21.3 Å². The van der Waals surface area contributed by atoms with Crippen LogP contribution < -0.4 is 10.1 Å². The first kappa shape index (κ1) is 12.3. The van der Waals surface area contributed by atoms with Crippen LogP contribution in [0.15, 0.2) is 18.2 Å². The van der Waals surface area contributed by atoms with Crippen molar-refractivity contribution < 1.29 is 4.74 Å². The van der Waals surface area contributed by atoms with Crippen molar-refractivity contribution in [2.75, 3.05) is 18.5 Å². The Morgan fingerprint density at radius 3 is 2.94 bits per heavy atom. The van der Waals surface area contributed by atoms with Crippen molar-refractivity contribution >= 4 is 5.69 Å². The van der Waals surface area contributed by atoms with Crippen molar-refractivity contribution in [2.24, 2.45) is 5.41 Å². The Hall–Kier alpha value is -1.18.